The van der Waals surface area contributed by atoms with E-state index in [4.69, 9.17) is 0 Å². The van der Waals surface area contributed by atoms with E-state index in [0.717, 1.165) is 31.6 Å². The molecule has 3 aromatic rings. The molecule has 5 rings (SSSR count). The maximum atomic E-state index is 12.9. The average molecular weight is 463 g/mol. The summed E-state index contributed by atoms with van der Waals surface area (Å²) in [5.41, 5.74) is 1.36. The molecule has 3 heterocycles. The van der Waals surface area contributed by atoms with E-state index in [1.165, 1.54) is 6.07 Å². The number of benzene rings is 2. The molecule has 2 saturated heterocycles. The first kappa shape index (κ1) is 22.0. The number of hydrogen-bond acceptors (Lipinski definition) is 7. The fourth-order valence-electron chi connectivity index (χ4n) is 4.73. The molecule has 2 aliphatic heterocycles. The molecule has 0 saturated carbocycles. The summed E-state index contributed by atoms with van der Waals surface area (Å²) in [4.78, 5) is 49.8. The summed E-state index contributed by atoms with van der Waals surface area (Å²) in [5, 5.41) is 12.1. The van der Waals surface area contributed by atoms with Crippen LogP contribution < -0.4 is 10.5 Å². The topological polar surface area (TPSA) is 116 Å². The van der Waals surface area contributed by atoms with Crippen LogP contribution in [0, 0.1) is 10.1 Å². The predicted octanol–water partition coefficient (Wildman–Crippen LogP) is 2.39. The Morgan fingerprint density at radius 2 is 1.76 bits per heavy atom. The van der Waals surface area contributed by atoms with Gasteiger partial charge in [-0.2, -0.15) is 0 Å². The van der Waals surface area contributed by atoms with Crippen molar-refractivity contribution in [2.45, 2.75) is 19.4 Å². The molecule has 176 valence electrons. The van der Waals surface area contributed by atoms with Gasteiger partial charge < -0.3 is 14.8 Å². The predicted molar refractivity (Wildman–Crippen MR) is 128 cm³/mol. The van der Waals surface area contributed by atoms with Crippen LogP contribution in [0.15, 0.2) is 47.3 Å². The van der Waals surface area contributed by atoms with E-state index < -0.39 is 4.92 Å². The van der Waals surface area contributed by atoms with Gasteiger partial charge in [0.25, 0.3) is 17.2 Å². The van der Waals surface area contributed by atoms with Gasteiger partial charge >= 0.3 is 0 Å². The third-order valence-electron chi connectivity index (χ3n) is 6.57. The van der Waals surface area contributed by atoms with Crippen LogP contribution in [-0.4, -0.2) is 69.9 Å². The fraction of sp³-hybridized carbons (Fsp3) is 0.375. The van der Waals surface area contributed by atoms with Crippen LogP contribution in [0.4, 0.5) is 11.4 Å². The molecule has 0 aliphatic carbocycles. The number of carbonyl (C=O) groups is 1. The first-order valence-electron chi connectivity index (χ1n) is 11.5. The molecule has 2 aliphatic rings. The number of H-pyrrole nitrogens is 1. The summed E-state index contributed by atoms with van der Waals surface area (Å²) in [5.74, 6) is 0.363. The standard InChI is InChI=1S/C24H26N6O4/c31-23-18-5-1-2-6-20(18)25-22(26-23)16-27-11-13-28(14-12-27)17-7-8-21(30(33)34)19(15-17)24(32)29-9-3-4-10-29/h1-2,5-8,15H,3-4,9-14,16H2,(H,25,26,31). The Hall–Kier alpha value is -3.79. The lowest BCUT2D eigenvalue weighted by atomic mass is 10.1. The molecule has 2 fully saturated rings. The molecular formula is C24H26N6O4. The van der Waals surface area contributed by atoms with Gasteiger partial charge in [0.1, 0.15) is 11.4 Å². The molecule has 0 unspecified atom stereocenters. The number of nitro groups is 1. The van der Waals surface area contributed by atoms with E-state index in [-0.39, 0.29) is 22.7 Å². The van der Waals surface area contributed by atoms with Crippen molar-refractivity contribution < 1.29 is 9.72 Å². The van der Waals surface area contributed by atoms with E-state index in [1.807, 2.05) is 18.2 Å². The van der Waals surface area contributed by atoms with E-state index >= 15 is 0 Å². The number of hydrogen-bond donors (Lipinski definition) is 1. The second-order valence-corrected chi connectivity index (χ2v) is 8.75. The molecule has 1 amide bonds. The largest absolute Gasteiger partial charge is 0.369 e. The van der Waals surface area contributed by atoms with Crippen molar-refractivity contribution in [2.75, 3.05) is 44.2 Å². The number of likely N-dealkylation sites (tertiary alicyclic amines) is 1. The molecule has 10 heteroatoms. The first-order chi connectivity index (χ1) is 16.5. The number of piperazine rings is 1. The first-order valence-corrected chi connectivity index (χ1v) is 11.5. The van der Waals surface area contributed by atoms with Gasteiger partial charge in [0.15, 0.2) is 0 Å². The van der Waals surface area contributed by atoms with Crippen LogP contribution in [0.5, 0.6) is 0 Å². The number of fused-ring (bicyclic) bond motifs is 1. The van der Waals surface area contributed by atoms with E-state index in [2.05, 4.69) is 19.8 Å². The number of nitrogens with one attached hydrogen (secondary N) is 1. The molecule has 0 atom stereocenters. The van der Waals surface area contributed by atoms with Crippen LogP contribution in [0.25, 0.3) is 10.9 Å². The minimum absolute atomic E-state index is 0.139. The van der Waals surface area contributed by atoms with Crippen molar-refractivity contribution in [1.82, 2.24) is 19.8 Å². The van der Waals surface area contributed by atoms with Gasteiger partial charge in [-0.3, -0.25) is 24.6 Å². The van der Waals surface area contributed by atoms with Gasteiger partial charge in [-0.1, -0.05) is 12.1 Å². The van der Waals surface area contributed by atoms with Crippen molar-refractivity contribution >= 4 is 28.2 Å². The zero-order valence-electron chi connectivity index (χ0n) is 18.8. The Morgan fingerprint density at radius 1 is 1.03 bits per heavy atom. The lowest BCUT2D eigenvalue weighted by molar-refractivity contribution is -0.385. The normalized spacial score (nSPS) is 16.8. The van der Waals surface area contributed by atoms with E-state index in [0.29, 0.717) is 49.5 Å². The quantitative estimate of drug-likeness (QED) is 0.457. The van der Waals surface area contributed by atoms with Crippen molar-refractivity contribution in [1.29, 1.82) is 0 Å². The average Bonchev–Trinajstić information content (AvgIpc) is 3.39. The molecular weight excluding hydrogens is 436 g/mol. The number of rotatable bonds is 5. The van der Waals surface area contributed by atoms with Crippen LogP contribution in [0.3, 0.4) is 0 Å². The maximum absolute atomic E-state index is 12.9. The van der Waals surface area contributed by atoms with E-state index in [1.54, 1.807) is 23.1 Å². The number of carbonyl (C=O) groups excluding carboxylic acids is 1. The number of amides is 1. The van der Waals surface area contributed by atoms with Crippen LogP contribution >= 0.6 is 0 Å². The zero-order valence-corrected chi connectivity index (χ0v) is 18.8. The highest BCUT2D eigenvalue weighted by Crippen LogP contribution is 2.28. The molecule has 1 N–H and O–H groups in total. The second-order valence-electron chi connectivity index (χ2n) is 8.75. The molecule has 34 heavy (non-hydrogen) atoms. The number of anilines is 1. The number of aromatic amines is 1. The summed E-state index contributed by atoms with van der Waals surface area (Å²) in [6, 6.07) is 12.1. The third-order valence-corrected chi connectivity index (χ3v) is 6.57. The maximum Gasteiger partial charge on any atom is 0.282 e. The van der Waals surface area contributed by atoms with Gasteiger partial charge in [-0.25, -0.2) is 4.98 Å². The van der Waals surface area contributed by atoms with Crippen molar-refractivity contribution in [3.8, 4) is 0 Å². The molecule has 1 aromatic heterocycles. The number of nitro benzene ring substituents is 1. The number of nitrogens with zero attached hydrogens (tertiary/aromatic N) is 5. The van der Waals surface area contributed by atoms with Gasteiger partial charge in [0, 0.05) is 51.0 Å². The Bertz CT molecular complexity index is 1290. The van der Waals surface area contributed by atoms with Crippen molar-refractivity contribution in [3.63, 3.8) is 0 Å². The zero-order chi connectivity index (χ0) is 23.7. The fourth-order valence-corrected chi connectivity index (χ4v) is 4.73. The van der Waals surface area contributed by atoms with Crippen molar-refractivity contribution in [3.05, 3.63) is 74.3 Å². The molecule has 10 nitrogen and oxygen atoms in total. The van der Waals surface area contributed by atoms with Gasteiger partial charge in [-0.05, 0) is 37.1 Å². The minimum Gasteiger partial charge on any atom is -0.369 e. The highest BCUT2D eigenvalue weighted by molar-refractivity contribution is 5.99. The lowest BCUT2D eigenvalue weighted by Gasteiger charge is -2.36. The van der Waals surface area contributed by atoms with Gasteiger partial charge in [-0.15, -0.1) is 0 Å². The monoisotopic (exact) mass is 462 g/mol. The van der Waals surface area contributed by atoms with Crippen LogP contribution in [-0.2, 0) is 6.54 Å². The molecule has 0 radical (unpaired) electrons. The Kier molecular flexibility index (Phi) is 5.97. The summed E-state index contributed by atoms with van der Waals surface area (Å²) in [6.07, 6.45) is 1.86. The molecule has 0 bridgehead atoms. The number of para-hydroxylation sites is 1. The minimum atomic E-state index is -0.484. The van der Waals surface area contributed by atoms with Gasteiger partial charge in [0.05, 0.1) is 22.4 Å². The van der Waals surface area contributed by atoms with E-state index in [9.17, 15) is 19.7 Å². The SMILES string of the molecule is O=C(c1cc(N2CCN(Cc3nc4ccccc4c(=O)[nH]3)CC2)ccc1[N+](=O)[O-])N1CCCC1. The summed E-state index contributed by atoms with van der Waals surface area (Å²) in [7, 11) is 0. The van der Waals surface area contributed by atoms with Crippen molar-refractivity contribution in [2.24, 2.45) is 0 Å². The van der Waals surface area contributed by atoms with Crippen LogP contribution in [0.1, 0.15) is 29.0 Å². The Balaban J connectivity index is 1.29. The highest BCUT2D eigenvalue weighted by Gasteiger charge is 2.28. The lowest BCUT2D eigenvalue weighted by Crippen LogP contribution is -2.46. The summed E-state index contributed by atoms with van der Waals surface area (Å²) >= 11 is 0. The Morgan fingerprint density at radius 3 is 2.50 bits per heavy atom. The van der Waals surface area contributed by atoms with Gasteiger partial charge in [0.2, 0.25) is 0 Å². The molecule has 2 aromatic carbocycles. The smallest absolute Gasteiger partial charge is 0.282 e. The number of aromatic nitrogens is 2. The highest BCUT2D eigenvalue weighted by atomic mass is 16.6. The van der Waals surface area contributed by atoms with Crippen LogP contribution in [0.2, 0.25) is 0 Å². The summed E-state index contributed by atoms with van der Waals surface area (Å²) < 4.78 is 0. The summed E-state index contributed by atoms with van der Waals surface area (Å²) in [6.45, 7) is 4.70. The second kappa shape index (κ2) is 9.22. The third kappa shape index (κ3) is 4.36. The Labute approximate surface area is 196 Å². The molecule has 0 spiro atoms.